The summed E-state index contributed by atoms with van der Waals surface area (Å²) in [5, 5.41) is 0. The third-order valence-corrected chi connectivity index (χ3v) is 5.12. The van der Waals surface area contributed by atoms with E-state index < -0.39 is 5.60 Å². The quantitative estimate of drug-likeness (QED) is 0.434. The molecule has 0 radical (unpaired) electrons. The molecule has 0 N–H and O–H groups in total. The first-order valence-corrected chi connectivity index (χ1v) is 8.70. The SMILES string of the molecule is CCCCCOC(=O)C1(c2ccc(OC)cc2)OC12CCCC2. The average Bonchev–Trinajstić information content (AvgIpc) is 2.99. The van der Waals surface area contributed by atoms with Crippen LogP contribution in [0.5, 0.6) is 5.75 Å². The Morgan fingerprint density at radius 3 is 2.48 bits per heavy atom. The molecule has 2 fully saturated rings. The van der Waals surface area contributed by atoms with Gasteiger partial charge in [-0.05, 0) is 37.0 Å². The molecule has 23 heavy (non-hydrogen) atoms. The van der Waals surface area contributed by atoms with Crippen LogP contribution in [0.1, 0.15) is 57.4 Å². The Morgan fingerprint density at radius 2 is 1.87 bits per heavy atom. The van der Waals surface area contributed by atoms with Gasteiger partial charge in [-0.1, -0.05) is 44.7 Å². The highest BCUT2D eigenvalue weighted by Gasteiger charge is 2.76. The van der Waals surface area contributed by atoms with Gasteiger partial charge < -0.3 is 14.2 Å². The summed E-state index contributed by atoms with van der Waals surface area (Å²) in [6.45, 7) is 2.61. The summed E-state index contributed by atoms with van der Waals surface area (Å²) in [4.78, 5) is 12.8. The number of rotatable bonds is 7. The van der Waals surface area contributed by atoms with Crippen LogP contribution >= 0.6 is 0 Å². The molecule has 2 aliphatic rings. The number of carbonyl (C=O) groups is 1. The third kappa shape index (κ3) is 2.74. The fourth-order valence-corrected chi connectivity index (χ4v) is 3.78. The second-order valence-electron chi connectivity index (χ2n) is 6.56. The van der Waals surface area contributed by atoms with Crippen molar-refractivity contribution < 1.29 is 19.0 Å². The molecule has 0 amide bonds. The Balaban J connectivity index is 1.79. The lowest BCUT2D eigenvalue weighted by atomic mass is 9.85. The topological polar surface area (TPSA) is 48.1 Å². The van der Waals surface area contributed by atoms with Crippen molar-refractivity contribution in [1.29, 1.82) is 0 Å². The molecular formula is C19H26O4. The van der Waals surface area contributed by atoms with Crippen molar-refractivity contribution in [2.75, 3.05) is 13.7 Å². The van der Waals surface area contributed by atoms with Crippen LogP contribution in [0, 0.1) is 0 Å². The molecule has 1 aromatic carbocycles. The van der Waals surface area contributed by atoms with Crippen molar-refractivity contribution in [1.82, 2.24) is 0 Å². The number of hydrogen-bond acceptors (Lipinski definition) is 4. The maximum absolute atomic E-state index is 12.8. The van der Waals surface area contributed by atoms with Crippen LogP contribution in [-0.4, -0.2) is 25.3 Å². The predicted molar refractivity (Wildman–Crippen MR) is 87.4 cm³/mol. The van der Waals surface area contributed by atoms with E-state index in [4.69, 9.17) is 14.2 Å². The van der Waals surface area contributed by atoms with E-state index in [2.05, 4.69) is 6.92 Å². The molecule has 1 aliphatic heterocycles. The van der Waals surface area contributed by atoms with Crippen molar-refractivity contribution >= 4 is 5.97 Å². The summed E-state index contributed by atoms with van der Waals surface area (Å²) in [6, 6.07) is 7.62. The molecule has 4 nitrogen and oxygen atoms in total. The van der Waals surface area contributed by atoms with Gasteiger partial charge in [-0.15, -0.1) is 0 Å². The van der Waals surface area contributed by atoms with E-state index in [-0.39, 0.29) is 11.6 Å². The highest BCUT2D eigenvalue weighted by Crippen LogP contribution is 2.64. The number of ether oxygens (including phenoxy) is 3. The number of epoxide rings is 1. The molecule has 1 spiro atoms. The minimum atomic E-state index is -0.901. The molecule has 4 heteroatoms. The van der Waals surface area contributed by atoms with Gasteiger partial charge in [-0.2, -0.15) is 0 Å². The number of unbranched alkanes of at least 4 members (excludes halogenated alkanes) is 2. The molecule has 1 aromatic rings. The molecule has 1 aliphatic carbocycles. The number of carbonyl (C=O) groups excluding carboxylic acids is 1. The zero-order chi connectivity index (χ0) is 16.3. The minimum Gasteiger partial charge on any atom is -0.497 e. The largest absolute Gasteiger partial charge is 0.497 e. The van der Waals surface area contributed by atoms with Gasteiger partial charge in [0.25, 0.3) is 0 Å². The monoisotopic (exact) mass is 318 g/mol. The molecule has 3 rings (SSSR count). The summed E-state index contributed by atoms with van der Waals surface area (Å²) in [6.07, 6.45) is 7.19. The highest BCUT2D eigenvalue weighted by molar-refractivity contribution is 5.87. The maximum atomic E-state index is 12.8. The van der Waals surface area contributed by atoms with Gasteiger partial charge in [0.15, 0.2) is 0 Å². The number of hydrogen-bond donors (Lipinski definition) is 0. The van der Waals surface area contributed by atoms with E-state index in [1.807, 2.05) is 24.3 Å². The van der Waals surface area contributed by atoms with E-state index in [0.717, 1.165) is 56.3 Å². The van der Waals surface area contributed by atoms with Crippen LogP contribution in [0.2, 0.25) is 0 Å². The fourth-order valence-electron chi connectivity index (χ4n) is 3.78. The second-order valence-corrected chi connectivity index (χ2v) is 6.56. The summed E-state index contributed by atoms with van der Waals surface area (Å²) >= 11 is 0. The van der Waals surface area contributed by atoms with Crippen LogP contribution in [-0.2, 0) is 19.9 Å². The molecule has 1 atom stereocenters. The highest BCUT2D eigenvalue weighted by atomic mass is 16.7. The van der Waals surface area contributed by atoms with E-state index in [9.17, 15) is 4.79 Å². The molecule has 1 saturated heterocycles. The maximum Gasteiger partial charge on any atom is 0.346 e. The van der Waals surface area contributed by atoms with Crippen molar-refractivity contribution in [3.8, 4) is 5.75 Å². The van der Waals surface area contributed by atoms with Crippen LogP contribution in [0.25, 0.3) is 0 Å². The van der Waals surface area contributed by atoms with Gasteiger partial charge in [0.2, 0.25) is 5.60 Å². The van der Waals surface area contributed by atoms with Crippen molar-refractivity contribution in [3.05, 3.63) is 29.8 Å². The zero-order valence-corrected chi connectivity index (χ0v) is 14.1. The van der Waals surface area contributed by atoms with Gasteiger partial charge in [-0.3, -0.25) is 0 Å². The summed E-state index contributed by atoms with van der Waals surface area (Å²) < 4.78 is 16.9. The number of esters is 1. The molecule has 126 valence electrons. The predicted octanol–water partition coefficient (Wildman–Crippen LogP) is 3.97. The fraction of sp³-hybridized carbons (Fsp3) is 0.632. The minimum absolute atomic E-state index is 0.222. The van der Waals surface area contributed by atoms with Crippen LogP contribution in [0.15, 0.2) is 24.3 Å². The number of methoxy groups -OCH3 is 1. The van der Waals surface area contributed by atoms with Crippen molar-refractivity contribution in [3.63, 3.8) is 0 Å². The third-order valence-electron chi connectivity index (χ3n) is 5.12. The van der Waals surface area contributed by atoms with Gasteiger partial charge >= 0.3 is 5.97 Å². The standard InChI is InChI=1S/C19H26O4/c1-3-4-7-14-22-17(20)19(18(23-19)12-5-6-13-18)15-8-10-16(21-2)11-9-15/h8-11H,3-7,12-14H2,1-2H3. The summed E-state index contributed by atoms with van der Waals surface area (Å²) in [5.41, 5.74) is -0.355. The Labute approximate surface area is 138 Å². The Morgan fingerprint density at radius 1 is 1.17 bits per heavy atom. The van der Waals surface area contributed by atoms with Gasteiger partial charge in [0, 0.05) is 0 Å². The molecule has 1 heterocycles. The van der Waals surface area contributed by atoms with E-state index in [0.29, 0.717) is 6.61 Å². The van der Waals surface area contributed by atoms with Gasteiger partial charge in [-0.25, -0.2) is 4.79 Å². The first kappa shape index (κ1) is 16.3. The van der Waals surface area contributed by atoms with Gasteiger partial charge in [0.1, 0.15) is 11.4 Å². The number of benzene rings is 1. The second kappa shape index (κ2) is 6.52. The lowest BCUT2D eigenvalue weighted by Gasteiger charge is -2.16. The van der Waals surface area contributed by atoms with Crippen LogP contribution < -0.4 is 4.74 Å². The smallest absolute Gasteiger partial charge is 0.346 e. The first-order chi connectivity index (χ1) is 11.2. The summed E-state index contributed by atoms with van der Waals surface area (Å²) in [7, 11) is 1.64. The van der Waals surface area contributed by atoms with E-state index in [1.54, 1.807) is 7.11 Å². The Bertz CT molecular complexity index is 545. The van der Waals surface area contributed by atoms with E-state index >= 15 is 0 Å². The molecule has 0 aromatic heterocycles. The molecule has 0 bridgehead atoms. The van der Waals surface area contributed by atoms with Gasteiger partial charge in [0.05, 0.1) is 13.7 Å². The lowest BCUT2D eigenvalue weighted by molar-refractivity contribution is -0.150. The molecular weight excluding hydrogens is 292 g/mol. The Kier molecular flexibility index (Phi) is 4.62. The van der Waals surface area contributed by atoms with E-state index in [1.165, 1.54) is 0 Å². The Hall–Kier alpha value is -1.55. The van der Waals surface area contributed by atoms with Crippen LogP contribution in [0.4, 0.5) is 0 Å². The van der Waals surface area contributed by atoms with Crippen molar-refractivity contribution in [2.24, 2.45) is 0 Å². The molecule has 1 saturated carbocycles. The lowest BCUT2D eigenvalue weighted by Crippen LogP contribution is -2.32. The normalized spacial score (nSPS) is 24.6. The zero-order valence-electron chi connectivity index (χ0n) is 14.1. The average molecular weight is 318 g/mol. The first-order valence-electron chi connectivity index (χ1n) is 8.70. The van der Waals surface area contributed by atoms with Crippen molar-refractivity contribution in [2.45, 2.75) is 63.1 Å². The molecule has 1 unspecified atom stereocenters. The van der Waals surface area contributed by atoms with Crippen LogP contribution in [0.3, 0.4) is 0 Å². The summed E-state index contributed by atoms with van der Waals surface area (Å²) in [5.74, 6) is 0.557.